The van der Waals surface area contributed by atoms with E-state index < -0.39 is 6.61 Å². The van der Waals surface area contributed by atoms with E-state index in [2.05, 4.69) is 26.4 Å². The molecule has 0 atom stereocenters. The molecule has 0 amide bonds. The summed E-state index contributed by atoms with van der Waals surface area (Å²) in [5.74, 6) is 0.874. The highest BCUT2D eigenvalue weighted by molar-refractivity contribution is 5.79. The van der Waals surface area contributed by atoms with Crippen LogP contribution in [0.5, 0.6) is 11.5 Å². The van der Waals surface area contributed by atoms with Crippen LogP contribution in [0.15, 0.2) is 47.5 Å². The number of halogens is 2. The van der Waals surface area contributed by atoms with Gasteiger partial charge in [0.25, 0.3) is 0 Å². The highest BCUT2D eigenvalue weighted by atomic mass is 19.3. The molecule has 5 nitrogen and oxygen atoms in total. The van der Waals surface area contributed by atoms with Gasteiger partial charge in [0, 0.05) is 20.1 Å². The summed E-state index contributed by atoms with van der Waals surface area (Å²) in [6.07, 6.45) is 0. The third-order valence-electron chi connectivity index (χ3n) is 3.67. The first kappa shape index (κ1) is 19.5. The largest absolute Gasteiger partial charge is 0.493 e. The molecule has 7 heteroatoms. The minimum absolute atomic E-state index is 0.00417. The Bertz CT molecular complexity index is 751. The number of nitrogens with one attached hydrogen (secondary N) is 2. The van der Waals surface area contributed by atoms with Gasteiger partial charge < -0.3 is 20.1 Å². The first-order valence-electron chi connectivity index (χ1n) is 8.13. The summed E-state index contributed by atoms with van der Waals surface area (Å²) in [4.78, 5) is 4.16. The number of benzene rings is 2. The first-order chi connectivity index (χ1) is 12.5. The van der Waals surface area contributed by atoms with E-state index in [4.69, 9.17) is 4.74 Å². The molecule has 0 unspecified atom stereocenters. The maximum Gasteiger partial charge on any atom is 0.387 e. The summed E-state index contributed by atoms with van der Waals surface area (Å²) >= 11 is 0. The third-order valence-corrected chi connectivity index (χ3v) is 3.67. The summed E-state index contributed by atoms with van der Waals surface area (Å²) in [6, 6.07) is 13.1. The molecule has 0 aromatic heterocycles. The zero-order chi connectivity index (χ0) is 18.9. The van der Waals surface area contributed by atoms with Crippen molar-refractivity contribution in [3.05, 3.63) is 59.2 Å². The number of methoxy groups -OCH3 is 1. The van der Waals surface area contributed by atoms with E-state index in [0.717, 1.165) is 11.1 Å². The Hall–Kier alpha value is -2.83. The van der Waals surface area contributed by atoms with Crippen molar-refractivity contribution in [1.29, 1.82) is 0 Å². The van der Waals surface area contributed by atoms with Crippen molar-refractivity contribution in [1.82, 2.24) is 10.6 Å². The number of aryl methyl sites for hydroxylation is 1. The Morgan fingerprint density at radius 2 is 1.73 bits per heavy atom. The van der Waals surface area contributed by atoms with Crippen molar-refractivity contribution in [2.45, 2.75) is 26.6 Å². The Balaban J connectivity index is 1.95. The van der Waals surface area contributed by atoms with Gasteiger partial charge >= 0.3 is 6.61 Å². The van der Waals surface area contributed by atoms with Gasteiger partial charge in [-0.3, -0.25) is 4.99 Å². The molecule has 0 aliphatic rings. The summed E-state index contributed by atoms with van der Waals surface area (Å²) in [6.45, 7) is 0.163. The first-order valence-corrected chi connectivity index (χ1v) is 8.13. The molecule has 0 saturated carbocycles. The fourth-order valence-corrected chi connectivity index (χ4v) is 2.43. The molecule has 140 valence electrons. The minimum atomic E-state index is -2.91. The van der Waals surface area contributed by atoms with E-state index in [0.29, 0.717) is 19.0 Å². The van der Waals surface area contributed by atoms with Gasteiger partial charge in [0.05, 0.1) is 7.11 Å². The minimum Gasteiger partial charge on any atom is -0.493 e. The average Bonchev–Trinajstić information content (AvgIpc) is 2.61. The molecular weight excluding hydrogens is 340 g/mol. The van der Waals surface area contributed by atoms with E-state index in [9.17, 15) is 8.78 Å². The van der Waals surface area contributed by atoms with Crippen LogP contribution in [0.25, 0.3) is 0 Å². The molecule has 2 aromatic rings. The molecule has 0 radical (unpaired) electrons. The monoisotopic (exact) mass is 363 g/mol. The van der Waals surface area contributed by atoms with Crippen LogP contribution in [0.3, 0.4) is 0 Å². The van der Waals surface area contributed by atoms with Crippen LogP contribution in [-0.4, -0.2) is 26.7 Å². The number of aliphatic imine (C=N–C) groups is 1. The van der Waals surface area contributed by atoms with Crippen LogP contribution in [0.4, 0.5) is 8.78 Å². The van der Waals surface area contributed by atoms with E-state index >= 15 is 0 Å². The van der Waals surface area contributed by atoms with E-state index in [-0.39, 0.29) is 11.5 Å². The molecule has 0 aliphatic carbocycles. The zero-order valence-corrected chi connectivity index (χ0v) is 15.1. The van der Waals surface area contributed by atoms with Gasteiger partial charge in [0.15, 0.2) is 17.5 Å². The fourth-order valence-electron chi connectivity index (χ4n) is 2.43. The van der Waals surface area contributed by atoms with E-state index in [1.54, 1.807) is 19.2 Å². The fraction of sp³-hybridized carbons (Fsp3) is 0.316. The quantitative estimate of drug-likeness (QED) is 0.584. The molecule has 0 fully saturated rings. The third kappa shape index (κ3) is 5.91. The van der Waals surface area contributed by atoms with E-state index in [1.165, 1.54) is 18.7 Å². The van der Waals surface area contributed by atoms with Crippen LogP contribution >= 0.6 is 0 Å². The van der Waals surface area contributed by atoms with Gasteiger partial charge in [0.2, 0.25) is 0 Å². The summed E-state index contributed by atoms with van der Waals surface area (Å²) in [7, 11) is 3.08. The van der Waals surface area contributed by atoms with Gasteiger partial charge in [-0.25, -0.2) is 0 Å². The highest BCUT2D eigenvalue weighted by Crippen LogP contribution is 2.29. The standard InChI is InChI=1S/C19H23F2N3O2/c1-13-5-4-6-14(9-13)11-23-19(22-2)24-12-15-7-8-16(25-3)17(10-15)26-18(20)21/h4-10,18H,11-12H2,1-3H3,(H2,22,23,24). The average molecular weight is 363 g/mol. The Kier molecular flexibility index (Phi) is 7.20. The lowest BCUT2D eigenvalue weighted by Gasteiger charge is -2.14. The van der Waals surface area contributed by atoms with Gasteiger partial charge in [0.1, 0.15) is 0 Å². The maximum absolute atomic E-state index is 12.5. The number of hydrogen-bond acceptors (Lipinski definition) is 3. The Morgan fingerprint density at radius 3 is 2.31 bits per heavy atom. The number of alkyl halides is 2. The maximum atomic E-state index is 12.5. The van der Waals surface area contributed by atoms with Crippen LogP contribution < -0.4 is 20.1 Å². The van der Waals surface area contributed by atoms with Crippen LogP contribution in [0, 0.1) is 6.92 Å². The van der Waals surface area contributed by atoms with Crippen LogP contribution in [0.1, 0.15) is 16.7 Å². The van der Waals surface area contributed by atoms with E-state index in [1.807, 2.05) is 25.1 Å². The SMILES string of the molecule is CN=C(NCc1cccc(C)c1)NCc1ccc(OC)c(OC(F)F)c1. The summed E-state index contributed by atoms with van der Waals surface area (Å²) in [5, 5.41) is 6.36. The molecular formula is C19H23F2N3O2. The lowest BCUT2D eigenvalue weighted by atomic mass is 10.1. The smallest absolute Gasteiger partial charge is 0.387 e. The topological polar surface area (TPSA) is 54.9 Å². The van der Waals surface area contributed by atoms with Crippen molar-refractivity contribution in [2.24, 2.45) is 4.99 Å². The van der Waals surface area contributed by atoms with Crippen molar-refractivity contribution in [3.8, 4) is 11.5 Å². The van der Waals surface area contributed by atoms with Gasteiger partial charge in [-0.15, -0.1) is 0 Å². The number of guanidine groups is 1. The second kappa shape index (κ2) is 9.60. The van der Waals surface area contributed by atoms with Crippen LogP contribution in [-0.2, 0) is 13.1 Å². The summed E-state index contributed by atoms with van der Waals surface area (Å²) in [5.41, 5.74) is 3.10. The second-order valence-corrected chi connectivity index (χ2v) is 5.63. The number of ether oxygens (including phenoxy) is 2. The molecule has 2 N–H and O–H groups in total. The Morgan fingerprint density at radius 1 is 1.04 bits per heavy atom. The molecule has 0 spiro atoms. The van der Waals surface area contributed by atoms with Crippen molar-refractivity contribution in [3.63, 3.8) is 0 Å². The van der Waals surface area contributed by atoms with Crippen molar-refractivity contribution in [2.75, 3.05) is 14.2 Å². The number of nitrogens with zero attached hydrogens (tertiary/aromatic N) is 1. The molecule has 0 heterocycles. The molecule has 2 aromatic carbocycles. The second-order valence-electron chi connectivity index (χ2n) is 5.63. The predicted octanol–water partition coefficient (Wildman–Crippen LogP) is 3.47. The van der Waals surface area contributed by atoms with Crippen LogP contribution in [0.2, 0.25) is 0 Å². The molecule has 0 saturated heterocycles. The lowest BCUT2D eigenvalue weighted by Crippen LogP contribution is -2.36. The highest BCUT2D eigenvalue weighted by Gasteiger charge is 2.11. The van der Waals surface area contributed by atoms with Gasteiger partial charge in [-0.2, -0.15) is 8.78 Å². The molecule has 26 heavy (non-hydrogen) atoms. The van der Waals surface area contributed by atoms with Gasteiger partial charge in [-0.05, 0) is 30.2 Å². The number of rotatable bonds is 7. The summed E-state index contributed by atoms with van der Waals surface area (Å²) < 4.78 is 34.5. The molecule has 2 rings (SSSR count). The van der Waals surface area contributed by atoms with Crippen molar-refractivity contribution >= 4 is 5.96 Å². The van der Waals surface area contributed by atoms with Crippen molar-refractivity contribution < 1.29 is 18.3 Å². The molecule has 0 aliphatic heterocycles. The lowest BCUT2D eigenvalue weighted by molar-refractivity contribution is -0.0512. The normalized spacial score (nSPS) is 11.4. The zero-order valence-electron chi connectivity index (χ0n) is 15.1. The molecule has 0 bridgehead atoms. The Labute approximate surface area is 152 Å². The van der Waals surface area contributed by atoms with Gasteiger partial charge in [-0.1, -0.05) is 35.9 Å². The number of hydrogen-bond donors (Lipinski definition) is 2. The predicted molar refractivity (Wildman–Crippen MR) is 97.8 cm³/mol.